The van der Waals surface area contributed by atoms with Crippen LogP contribution in [-0.2, 0) is 9.59 Å². The molecule has 1 fully saturated rings. The Morgan fingerprint density at radius 2 is 2.12 bits per heavy atom. The first-order chi connectivity index (χ1) is 7.72. The molecule has 0 aromatic carbocycles. The molecule has 0 radical (unpaired) electrons. The second kappa shape index (κ2) is 4.26. The summed E-state index contributed by atoms with van der Waals surface area (Å²) in [5, 5.41) is 2.64. The molecule has 0 bridgehead atoms. The second-order valence-electron chi connectivity index (χ2n) is 3.55. The van der Waals surface area contributed by atoms with Crippen molar-refractivity contribution in [2.75, 3.05) is 11.4 Å². The first kappa shape index (κ1) is 10.5. The van der Waals surface area contributed by atoms with Crippen molar-refractivity contribution in [3.05, 3.63) is 18.7 Å². The van der Waals surface area contributed by atoms with E-state index in [1.54, 1.807) is 0 Å². The third kappa shape index (κ3) is 1.86. The molecule has 1 unspecified atom stereocenters. The minimum atomic E-state index is -0.443. The number of carbonyl (C=O) groups is 2. The van der Waals surface area contributed by atoms with E-state index in [0.717, 1.165) is 0 Å². The van der Waals surface area contributed by atoms with Gasteiger partial charge in [-0.25, -0.2) is 9.97 Å². The van der Waals surface area contributed by atoms with Crippen LogP contribution in [0.3, 0.4) is 0 Å². The molecular weight excluding hydrogens is 208 g/mol. The van der Waals surface area contributed by atoms with Crippen LogP contribution in [0.15, 0.2) is 18.7 Å². The Hall–Kier alpha value is -1.98. The topological polar surface area (TPSA) is 75.2 Å². The molecular formula is C10H12N4O2. The maximum absolute atomic E-state index is 12.0. The Balaban J connectivity index is 2.27. The van der Waals surface area contributed by atoms with Crippen molar-refractivity contribution in [3.8, 4) is 0 Å². The van der Waals surface area contributed by atoms with Crippen LogP contribution < -0.4 is 10.2 Å². The van der Waals surface area contributed by atoms with Crippen molar-refractivity contribution < 1.29 is 9.59 Å². The summed E-state index contributed by atoms with van der Waals surface area (Å²) in [6.45, 7) is 1.89. The Morgan fingerprint density at radius 1 is 1.44 bits per heavy atom. The predicted molar refractivity (Wildman–Crippen MR) is 56.6 cm³/mol. The predicted octanol–water partition coefficient (Wildman–Crippen LogP) is -0.282. The number of carbonyl (C=O) groups excluding carboxylic acids is 2. The van der Waals surface area contributed by atoms with Crippen LogP contribution in [0.1, 0.15) is 13.3 Å². The van der Waals surface area contributed by atoms with Gasteiger partial charge in [-0.05, 0) is 6.42 Å². The molecule has 1 aromatic heterocycles. The number of hydrogen-bond donors (Lipinski definition) is 1. The first-order valence-corrected chi connectivity index (χ1v) is 5.08. The highest BCUT2D eigenvalue weighted by atomic mass is 16.2. The van der Waals surface area contributed by atoms with Crippen LogP contribution in [0, 0.1) is 0 Å². The highest BCUT2D eigenvalue weighted by Crippen LogP contribution is 2.15. The fourth-order valence-corrected chi connectivity index (χ4v) is 1.64. The summed E-state index contributed by atoms with van der Waals surface area (Å²) in [7, 11) is 0. The van der Waals surface area contributed by atoms with Gasteiger partial charge in [0.25, 0.3) is 0 Å². The van der Waals surface area contributed by atoms with E-state index in [-0.39, 0.29) is 18.4 Å². The molecule has 1 N–H and O–H groups in total. The molecule has 84 valence electrons. The second-order valence-corrected chi connectivity index (χ2v) is 3.55. The lowest BCUT2D eigenvalue weighted by atomic mass is 10.1. The lowest BCUT2D eigenvalue weighted by Gasteiger charge is -2.31. The fourth-order valence-electron chi connectivity index (χ4n) is 1.64. The van der Waals surface area contributed by atoms with Crippen LogP contribution in [0.2, 0.25) is 0 Å². The van der Waals surface area contributed by atoms with E-state index < -0.39 is 6.04 Å². The van der Waals surface area contributed by atoms with E-state index in [1.807, 2.05) is 6.92 Å². The highest BCUT2D eigenvalue weighted by Gasteiger charge is 2.32. The number of nitrogens with one attached hydrogen (secondary N) is 1. The Bertz CT molecular complexity index is 407. The Labute approximate surface area is 92.7 Å². The summed E-state index contributed by atoms with van der Waals surface area (Å²) in [6, 6.07) is -0.443. The van der Waals surface area contributed by atoms with Gasteiger partial charge in [-0.15, -0.1) is 0 Å². The van der Waals surface area contributed by atoms with Crippen LogP contribution in [0.25, 0.3) is 0 Å². The summed E-state index contributed by atoms with van der Waals surface area (Å²) in [5.41, 5.74) is 0.556. The average Bonchev–Trinajstić information content (AvgIpc) is 2.33. The minimum Gasteiger partial charge on any atom is -0.343 e. The molecule has 2 rings (SSSR count). The zero-order chi connectivity index (χ0) is 11.5. The minimum absolute atomic E-state index is 0.0305. The van der Waals surface area contributed by atoms with Crippen molar-refractivity contribution in [3.63, 3.8) is 0 Å². The number of nitrogens with zero attached hydrogens (tertiary/aromatic N) is 3. The highest BCUT2D eigenvalue weighted by molar-refractivity contribution is 6.06. The van der Waals surface area contributed by atoms with Crippen molar-refractivity contribution in [2.45, 2.75) is 19.4 Å². The summed E-state index contributed by atoms with van der Waals surface area (Å²) in [5.74, 6) is -0.271. The molecule has 6 nitrogen and oxygen atoms in total. The van der Waals surface area contributed by atoms with Gasteiger partial charge in [0, 0.05) is 0 Å². The van der Waals surface area contributed by atoms with Crippen molar-refractivity contribution in [2.24, 2.45) is 0 Å². The average molecular weight is 220 g/mol. The number of piperazine rings is 1. The van der Waals surface area contributed by atoms with Crippen LogP contribution in [0.5, 0.6) is 0 Å². The molecule has 1 aliphatic rings. The molecule has 1 atom stereocenters. The molecule has 1 aromatic rings. The van der Waals surface area contributed by atoms with Crippen LogP contribution in [-0.4, -0.2) is 34.4 Å². The Morgan fingerprint density at radius 3 is 2.75 bits per heavy atom. The Kier molecular flexibility index (Phi) is 2.80. The van der Waals surface area contributed by atoms with E-state index in [4.69, 9.17) is 0 Å². The van der Waals surface area contributed by atoms with Gasteiger partial charge in [0.05, 0.1) is 18.1 Å². The lowest BCUT2D eigenvalue weighted by Crippen LogP contribution is -2.58. The van der Waals surface area contributed by atoms with Gasteiger partial charge < -0.3 is 5.32 Å². The van der Waals surface area contributed by atoms with E-state index >= 15 is 0 Å². The summed E-state index contributed by atoms with van der Waals surface area (Å²) in [4.78, 5) is 32.5. The summed E-state index contributed by atoms with van der Waals surface area (Å²) >= 11 is 0. The standard InChI is InChI=1S/C10H12N4O2/c1-2-8-10(16)14(5-9(15)13-8)7-3-11-6-12-4-7/h3-4,6,8H,2,5H2,1H3,(H,13,15). The summed E-state index contributed by atoms with van der Waals surface area (Å²) in [6.07, 6.45) is 5.01. The van der Waals surface area contributed by atoms with E-state index in [2.05, 4.69) is 15.3 Å². The number of anilines is 1. The van der Waals surface area contributed by atoms with Gasteiger partial charge >= 0.3 is 0 Å². The molecule has 0 aliphatic carbocycles. The third-order valence-electron chi connectivity index (χ3n) is 2.47. The smallest absolute Gasteiger partial charge is 0.250 e. The van der Waals surface area contributed by atoms with Gasteiger partial charge in [-0.3, -0.25) is 14.5 Å². The molecule has 2 amide bonds. The third-order valence-corrected chi connectivity index (χ3v) is 2.47. The molecule has 2 heterocycles. The van der Waals surface area contributed by atoms with Crippen LogP contribution >= 0.6 is 0 Å². The SMILES string of the molecule is CCC1NC(=O)CN(c2cncnc2)C1=O. The van der Waals surface area contributed by atoms with Gasteiger partial charge in [-0.1, -0.05) is 6.92 Å². The number of aromatic nitrogens is 2. The maximum atomic E-state index is 12.0. The molecule has 0 saturated carbocycles. The van der Waals surface area contributed by atoms with Gasteiger partial charge in [-0.2, -0.15) is 0 Å². The monoisotopic (exact) mass is 220 g/mol. The molecule has 6 heteroatoms. The van der Waals surface area contributed by atoms with E-state index in [1.165, 1.54) is 23.6 Å². The number of hydrogen-bond acceptors (Lipinski definition) is 4. The number of amides is 2. The van der Waals surface area contributed by atoms with E-state index in [0.29, 0.717) is 12.1 Å². The molecule has 1 aliphatic heterocycles. The molecule has 1 saturated heterocycles. The summed E-state index contributed by atoms with van der Waals surface area (Å²) < 4.78 is 0. The first-order valence-electron chi connectivity index (χ1n) is 5.08. The zero-order valence-electron chi connectivity index (χ0n) is 8.88. The quantitative estimate of drug-likeness (QED) is 0.743. The maximum Gasteiger partial charge on any atom is 0.250 e. The lowest BCUT2D eigenvalue weighted by molar-refractivity contribution is -0.131. The fraction of sp³-hybridized carbons (Fsp3) is 0.400. The largest absolute Gasteiger partial charge is 0.343 e. The van der Waals surface area contributed by atoms with Crippen molar-refractivity contribution >= 4 is 17.5 Å². The normalized spacial score (nSPS) is 20.8. The van der Waals surface area contributed by atoms with Crippen LogP contribution in [0.4, 0.5) is 5.69 Å². The van der Waals surface area contributed by atoms with Gasteiger partial charge in [0.15, 0.2) is 0 Å². The van der Waals surface area contributed by atoms with E-state index in [9.17, 15) is 9.59 Å². The van der Waals surface area contributed by atoms with Crippen molar-refractivity contribution in [1.29, 1.82) is 0 Å². The van der Waals surface area contributed by atoms with Gasteiger partial charge in [0.2, 0.25) is 11.8 Å². The van der Waals surface area contributed by atoms with Gasteiger partial charge in [0.1, 0.15) is 18.9 Å². The zero-order valence-corrected chi connectivity index (χ0v) is 8.88. The molecule has 0 spiro atoms. The van der Waals surface area contributed by atoms with Crippen molar-refractivity contribution in [1.82, 2.24) is 15.3 Å². The molecule has 16 heavy (non-hydrogen) atoms. The number of rotatable bonds is 2.